The molecule has 0 saturated heterocycles. The minimum atomic E-state index is -0.0562. The van der Waals surface area contributed by atoms with Gasteiger partial charge in [-0.05, 0) is 19.3 Å². The lowest BCUT2D eigenvalue weighted by atomic mass is 9.90. The van der Waals surface area contributed by atoms with Crippen molar-refractivity contribution in [1.82, 2.24) is 0 Å². The minimum Gasteiger partial charge on any atom is -0.466 e. The van der Waals surface area contributed by atoms with Gasteiger partial charge in [0.1, 0.15) is 12.0 Å². The minimum absolute atomic E-state index is 0.0231. The highest BCUT2D eigenvalue weighted by molar-refractivity contribution is 5.74. The van der Waals surface area contributed by atoms with Crippen molar-refractivity contribution in [2.45, 2.75) is 19.4 Å². The van der Waals surface area contributed by atoms with Crippen molar-refractivity contribution in [3.63, 3.8) is 0 Å². The van der Waals surface area contributed by atoms with Crippen LogP contribution in [0, 0.1) is 17.8 Å². The van der Waals surface area contributed by atoms with Crippen LogP contribution >= 0.6 is 0 Å². The number of carbonyl (C=O) groups is 1. The molecule has 3 nitrogen and oxygen atoms in total. The number of quaternary nitrogens is 1. The number of ether oxygens (including phenoxy) is 1. The number of fused-ring (bicyclic) bond motifs is 2. The van der Waals surface area contributed by atoms with Crippen LogP contribution in [0.2, 0.25) is 0 Å². The van der Waals surface area contributed by atoms with Gasteiger partial charge in [-0.3, -0.25) is 4.79 Å². The van der Waals surface area contributed by atoms with E-state index in [0.717, 1.165) is 6.42 Å². The van der Waals surface area contributed by atoms with Crippen LogP contribution in [0.15, 0.2) is 12.2 Å². The summed E-state index contributed by atoms with van der Waals surface area (Å²) < 4.78 is 5.04. The third-order valence-electron chi connectivity index (χ3n) is 3.18. The molecule has 2 aliphatic rings. The summed E-state index contributed by atoms with van der Waals surface area (Å²) in [5.74, 6) is 0.875. The van der Waals surface area contributed by atoms with E-state index in [-0.39, 0.29) is 17.9 Å². The number of rotatable bonds is 2. The highest BCUT2D eigenvalue weighted by Gasteiger charge is 2.49. The van der Waals surface area contributed by atoms with Crippen LogP contribution in [-0.2, 0) is 9.53 Å². The molecule has 0 spiro atoms. The smallest absolute Gasteiger partial charge is 0.315 e. The molecule has 13 heavy (non-hydrogen) atoms. The van der Waals surface area contributed by atoms with Crippen LogP contribution in [-0.4, -0.2) is 18.6 Å². The Morgan fingerprint density at radius 2 is 2.23 bits per heavy atom. The van der Waals surface area contributed by atoms with E-state index in [2.05, 4.69) is 17.9 Å². The quantitative estimate of drug-likeness (QED) is 0.482. The normalized spacial score (nSPS) is 41.1. The number of carbonyl (C=O) groups excluding carboxylic acids is 1. The lowest BCUT2D eigenvalue weighted by Crippen LogP contribution is -2.67. The van der Waals surface area contributed by atoms with E-state index in [1.54, 1.807) is 0 Å². The Labute approximate surface area is 77.9 Å². The van der Waals surface area contributed by atoms with Crippen molar-refractivity contribution in [2.75, 3.05) is 6.61 Å². The van der Waals surface area contributed by atoms with Crippen LogP contribution in [0.25, 0.3) is 0 Å². The molecule has 0 heterocycles. The fourth-order valence-electron chi connectivity index (χ4n) is 2.51. The zero-order chi connectivity index (χ0) is 9.42. The Morgan fingerprint density at radius 3 is 2.77 bits per heavy atom. The molecule has 0 aromatic carbocycles. The van der Waals surface area contributed by atoms with Gasteiger partial charge in [0.2, 0.25) is 0 Å². The summed E-state index contributed by atoms with van der Waals surface area (Å²) in [6.45, 7) is 2.32. The van der Waals surface area contributed by atoms with Gasteiger partial charge >= 0.3 is 5.97 Å². The molecule has 2 bridgehead atoms. The third kappa shape index (κ3) is 1.27. The van der Waals surface area contributed by atoms with Gasteiger partial charge in [0.25, 0.3) is 0 Å². The molecule has 0 aliphatic heterocycles. The Balaban J connectivity index is 2.08. The van der Waals surface area contributed by atoms with Crippen molar-refractivity contribution < 1.29 is 15.3 Å². The largest absolute Gasteiger partial charge is 0.466 e. The maximum Gasteiger partial charge on any atom is 0.315 e. The summed E-state index contributed by atoms with van der Waals surface area (Å²) in [6.07, 6.45) is 5.43. The summed E-state index contributed by atoms with van der Waals surface area (Å²) in [4.78, 5) is 11.5. The summed E-state index contributed by atoms with van der Waals surface area (Å²) in [6, 6.07) is 0.231. The summed E-state index contributed by atoms with van der Waals surface area (Å²) in [7, 11) is 0. The monoisotopic (exact) mass is 182 g/mol. The maximum atomic E-state index is 11.5. The first-order chi connectivity index (χ1) is 6.24. The van der Waals surface area contributed by atoms with Crippen molar-refractivity contribution in [3.8, 4) is 0 Å². The van der Waals surface area contributed by atoms with Crippen LogP contribution in [0.3, 0.4) is 0 Å². The first-order valence-corrected chi connectivity index (χ1v) is 4.92. The summed E-state index contributed by atoms with van der Waals surface area (Å²) >= 11 is 0. The second kappa shape index (κ2) is 3.14. The number of hydrogen-bond acceptors (Lipinski definition) is 2. The zero-order valence-corrected chi connectivity index (χ0v) is 7.90. The number of hydrogen-bond donors (Lipinski definition) is 1. The molecule has 3 heteroatoms. The molecule has 1 fully saturated rings. The van der Waals surface area contributed by atoms with Crippen LogP contribution in [0.4, 0.5) is 0 Å². The Hall–Kier alpha value is -0.830. The Bertz CT molecular complexity index is 249. The van der Waals surface area contributed by atoms with Gasteiger partial charge in [0, 0.05) is 5.92 Å². The molecule has 2 rings (SSSR count). The lowest BCUT2D eigenvalue weighted by Gasteiger charge is -2.19. The predicted molar refractivity (Wildman–Crippen MR) is 47.5 cm³/mol. The molecule has 0 aromatic rings. The van der Waals surface area contributed by atoms with Gasteiger partial charge in [0.15, 0.2) is 0 Å². The van der Waals surface area contributed by atoms with Gasteiger partial charge in [-0.15, -0.1) is 0 Å². The second-order valence-corrected chi connectivity index (χ2v) is 3.89. The molecule has 1 saturated carbocycles. The molecule has 3 N–H and O–H groups in total. The molecule has 0 unspecified atom stereocenters. The van der Waals surface area contributed by atoms with E-state index in [1.807, 2.05) is 6.92 Å². The molecule has 0 radical (unpaired) electrons. The molecule has 0 amide bonds. The molecular weight excluding hydrogens is 166 g/mol. The van der Waals surface area contributed by atoms with E-state index in [1.165, 1.54) is 0 Å². The van der Waals surface area contributed by atoms with Crippen molar-refractivity contribution >= 4 is 5.97 Å². The van der Waals surface area contributed by atoms with Crippen LogP contribution < -0.4 is 5.73 Å². The molecule has 0 aromatic heterocycles. The summed E-state index contributed by atoms with van der Waals surface area (Å²) in [5.41, 5.74) is 4.05. The average molecular weight is 182 g/mol. The maximum absolute atomic E-state index is 11.5. The van der Waals surface area contributed by atoms with E-state index >= 15 is 0 Å². The number of esters is 1. The predicted octanol–water partition coefficient (Wildman–Crippen LogP) is -0.0179. The van der Waals surface area contributed by atoms with Crippen molar-refractivity contribution in [3.05, 3.63) is 12.2 Å². The van der Waals surface area contributed by atoms with Gasteiger partial charge in [-0.2, -0.15) is 0 Å². The highest BCUT2D eigenvalue weighted by Crippen LogP contribution is 2.42. The van der Waals surface area contributed by atoms with E-state index in [9.17, 15) is 4.79 Å². The van der Waals surface area contributed by atoms with Crippen molar-refractivity contribution in [1.29, 1.82) is 0 Å². The fraction of sp³-hybridized carbons (Fsp3) is 0.700. The first kappa shape index (κ1) is 8.75. The lowest BCUT2D eigenvalue weighted by molar-refractivity contribution is -0.434. The van der Waals surface area contributed by atoms with Crippen LogP contribution in [0.5, 0.6) is 0 Å². The average Bonchev–Trinajstić information content (AvgIpc) is 2.63. The van der Waals surface area contributed by atoms with E-state index < -0.39 is 0 Å². The fourth-order valence-corrected chi connectivity index (χ4v) is 2.51. The van der Waals surface area contributed by atoms with Gasteiger partial charge in [0.05, 0.1) is 6.61 Å². The zero-order valence-electron chi connectivity index (χ0n) is 7.90. The Morgan fingerprint density at radius 1 is 1.54 bits per heavy atom. The van der Waals surface area contributed by atoms with Crippen molar-refractivity contribution in [2.24, 2.45) is 17.8 Å². The first-order valence-electron chi connectivity index (χ1n) is 4.92. The second-order valence-electron chi connectivity index (χ2n) is 3.89. The third-order valence-corrected chi connectivity index (χ3v) is 3.18. The molecule has 4 atom stereocenters. The summed E-state index contributed by atoms with van der Waals surface area (Å²) in [5, 5.41) is 0. The molecule has 72 valence electrons. The van der Waals surface area contributed by atoms with Crippen LogP contribution in [0.1, 0.15) is 13.3 Å². The molecular formula is C10H16NO2+. The topological polar surface area (TPSA) is 53.9 Å². The van der Waals surface area contributed by atoms with E-state index in [4.69, 9.17) is 4.74 Å². The van der Waals surface area contributed by atoms with Gasteiger partial charge in [-0.25, -0.2) is 0 Å². The Kier molecular flexibility index (Phi) is 2.12. The standard InChI is InChI=1S/C10H15NO2/c1-2-13-10(12)8-6-3-4-7(5-6)9(8)11/h3-4,6-9H,2,5,11H2,1H3/p+1/t6-,7-,8-,9-/m0/s1. The molecule has 2 aliphatic carbocycles. The van der Waals surface area contributed by atoms with E-state index in [0.29, 0.717) is 18.4 Å². The SMILES string of the molecule is CCOC(=O)[C@@H]1[C@@H]([NH3+])[C@H]2C=C[C@H]1C2. The highest BCUT2D eigenvalue weighted by atomic mass is 16.5. The number of allylic oxidation sites excluding steroid dienone is 1. The van der Waals surface area contributed by atoms with Gasteiger partial charge < -0.3 is 10.5 Å². The van der Waals surface area contributed by atoms with Gasteiger partial charge in [-0.1, -0.05) is 12.2 Å².